The number of furan rings is 1. The van der Waals surface area contributed by atoms with Crippen molar-refractivity contribution < 1.29 is 9.21 Å². The summed E-state index contributed by atoms with van der Waals surface area (Å²) in [6.07, 6.45) is 1.49. The molecule has 2 heterocycles. The molecule has 1 aliphatic rings. The molecular weight excluding hydrogens is 469 g/mol. The molecule has 0 atom stereocenters. The Morgan fingerprint density at radius 1 is 1.04 bits per heavy atom. The monoisotopic (exact) mass is 497 g/mol. The normalized spacial score (nSPS) is 15.0. The summed E-state index contributed by atoms with van der Waals surface area (Å²) < 4.78 is 5.07. The molecule has 0 aliphatic carbocycles. The van der Waals surface area contributed by atoms with Gasteiger partial charge >= 0.3 is 0 Å². The Kier molecular flexibility index (Phi) is 9.29. The van der Waals surface area contributed by atoms with E-state index in [0.717, 1.165) is 38.7 Å². The van der Waals surface area contributed by atoms with Crippen molar-refractivity contribution in [1.29, 1.82) is 0 Å². The molecule has 0 saturated carbocycles. The van der Waals surface area contributed by atoms with Gasteiger partial charge in [0.05, 0.1) is 6.26 Å². The van der Waals surface area contributed by atoms with Gasteiger partial charge in [-0.05, 0) is 17.7 Å². The van der Waals surface area contributed by atoms with E-state index in [1.165, 1.54) is 11.8 Å². The summed E-state index contributed by atoms with van der Waals surface area (Å²) >= 11 is 0. The van der Waals surface area contributed by atoms with Crippen LogP contribution >= 0.6 is 24.0 Å². The first kappa shape index (κ1) is 22.2. The van der Waals surface area contributed by atoms with Gasteiger partial charge in [-0.3, -0.25) is 14.7 Å². The van der Waals surface area contributed by atoms with Crippen molar-refractivity contribution in [1.82, 2.24) is 20.4 Å². The van der Waals surface area contributed by atoms with Gasteiger partial charge in [0.15, 0.2) is 11.7 Å². The zero-order valence-corrected chi connectivity index (χ0v) is 18.5. The molecule has 0 radical (unpaired) electrons. The molecule has 1 saturated heterocycles. The lowest BCUT2D eigenvalue weighted by molar-refractivity contribution is 0.0926. The van der Waals surface area contributed by atoms with Crippen LogP contribution in [0.5, 0.6) is 0 Å². The Morgan fingerprint density at radius 2 is 1.75 bits per heavy atom. The number of halogens is 1. The van der Waals surface area contributed by atoms with Crippen molar-refractivity contribution in [2.45, 2.75) is 6.54 Å². The highest BCUT2D eigenvalue weighted by molar-refractivity contribution is 14.0. The van der Waals surface area contributed by atoms with Gasteiger partial charge in [0.2, 0.25) is 0 Å². The molecule has 1 amide bonds. The van der Waals surface area contributed by atoms with E-state index in [1.807, 2.05) is 6.07 Å². The fraction of sp³-hybridized carbons (Fsp3) is 0.400. The quantitative estimate of drug-likeness (QED) is 0.277. The van der Waals surface area contributed by atoms with Crippen LogP contribution in [-0.4, -0.2) is 68.0 Å². The minimum atomic E-state index is -0.202. The minimum absolute atomic E-state index is 0. The summed E-state index contributed by atoms with van der Waals surface area (Å²) in [5, 5.41) is 6.14. The number of hydrogen-bond acceptors (Lipinski definition) is 4. The van der Waals surface area contributed by atoms with Crippen LogP contribution in [0.1, 0.15) is 16.1 Å². The van der Waals surface area contributed by atoms with E-state index in [-0.39, 0.29) is 29.9 Å². The van der Waals surface area contributed by atoms with Crippen LogP contribution in [0.15, 0.2) is 58.1 Å². The number of amides is 1. The molecule has 1 aromatic heterocycles. The molecule has 0 bridgehead atoms. The van der Waals surface area contributed by atoms with Gasteiger partial charge in [0.25, 0.3) is 5.91 Å². The van der Waals surface area contributed by atoms with Crippen molar-refractivity contribution in [3.05, 3.63) is 60.1 Å². The summed E-state index contributed by atoms with van der Waals surface area (Å²) in [5.74, 6) is 1.00. The molecule has 1 aliphatic heterocycles. The van der Waals surface area contributed by atoms with Crippen molar-refractivity contribution in [3.63, 3.8) is 0 Å². The summed E-state index contributed by atoms with van der Waals surface area (Å²) in [4.78, 5) is 20.9. The van der Waals surface area contributed by atoms with Crippen LogP contribution in [0.2, 0.25) is 0 Å². The van der Waals surface area contributed by atoms with Gasteiger partial charge in [-0.15, -0.1) is 24.0 Å². The maximum atomic E-state index is 11.8. The first-order chi connectivity index (χ1) is 13.3. The predicted molar refractivity (Wildman–Crippen MR) is 121 cm³/mol. The van der Waals surface area contributed by atoms with E-state index in [9.17, 15) is 4.79 Å². The number of rotatable bonds is 6. The molecule has 2 N–H and O–H groups in total. The fourth-order valence-corrected chi connectivity index (χ4v) is 3.14. The van der Waals surface area contributed by atoms with Crippen molar-refractivity contribution in [2.75, 3.05) is 46.3 Å². The highest BCUT2D eigenvalue weighted by Crippen LogP contribution is 2.08. The highest BCUT2D eigenvalue weighted by atomic mass is 127. The molecule has 2 aromatic rings. The lowest BCUT2D eigenvalue weighted by Gasteiger charge is -2.36. The van der Waals surface area contributed by atoms with Crippen LogP contribution in [0.25, 0.3) is 0 Å². The summed E-state index contributed by atoms with van der Waals surface area (Å²) in [5.41, 5.74) is 1.35. The third-order valence-corrected chi connectivity index (χ3v) is 4.57. The maximum absolute atomic E-state index is 11.8. The second-order valence-electron chi connectivity index (χ2n) is 6.46. The first-order valence-corrected chi connectivity index (χ1v) is 9.30. The Bertz CT molecular complexity index is 728. The second kappa shape index (κ2) is 11.7. The van der Waals surface area contributed by atoms with Crippen LogP contribution in [0.4, 0.5) is 0 Å². The molecule has 28 heavy (non-hydrogen) atoms. The average molecular weight is 497 g/mol. The predicted octanol–water partition coefficient (Wildman–Crippen LogP) is 2.02. The number of benzene rings is 1. The summed E-state index contributed by atoms with van der Waals surface area (Å²) in [6, 6.07) is 13.9. The van der Waals surface area contributed by atoms with Gasteiger partial charge in [-0.25, -0.2) is 0 Å². The number of nitrogens with one attached hydrogen (secondary N) is 2. The third-order valence-electron chi connectivity index (χ3n) is 4.57. The third kappa shape index (κ3) is 6.52. The van der Waals surface area contributed by atoms with Crippen molar-refractivity contribution >= 4 is 35.8 Å². The highest BCUT2D eigenvalue weighted by Gasteiger charge is 2.19. The molecule has 0 unspecified atom stereocenters. The Balaban J connectivity index is 0.00000280. The minimum Gasteiger partial charge on any atom is -0.459 e. The first-order valence-electron chi connectivity index (χ1n) is 9.30. The zero-order valence-electron chi connectivity index (χ0n) is 16.1. The lowest BCUT2D eigenvalue weighted by atomic mass is 10.2. The number of piperazine rings is 1. The van der Waals surface area contributed by atoms with Gasteiger partial charge in [0, 0.05) is 52.9 Å². The van der Waals surface area contributed by atoms with Crippen LogP contribution in [-0.2, 0) is 6.54 Å². The van der Waals surface area contributed by atoms with E-state index < -0.39 is 0 Å². The molecule has 8 heteroatoms. The van der Waals surface area contributed by atoms with Crippen LogP contribution in [0.3, 0.4) is 0 Å². The fourth-order valence-electron chi connectivity index (χ4n) is 3.14. The molecule has 7 nitrogen and oxygen atoms in total. The number of carbonyl (C=O) groups excluding carboxylic acids is 1. The van der Waals surface area contributed by atoms with E-state index in [1.54, 1.807) is 19.2 Å². The van der Waals surface area contributed by atoms with Gasteiger partial charge in [-0.1, -0.05) is 30.3 Å². The topological polar surface area (TPSA) is 73.1 Å². The summed E-state index contributed by atoms with van der Waals surface area (Å²) in [7, 11) is 1.79. The molecule has 3 rings (SSSR count). The van der Waals surface area contributed by atoms with Crippen molar-refractivity contribution in [3.8, 4) is 0 Å². The second-order valence-corrected chi connectivity index (χ2v) is 6.46. The van der Waals surface area contributed by atoms with Gasteiger partial charge < -0.3 is 20.0 Å². The standard InChI is InChI=1S/C20H27N5O2.HI/c1-21-20(23-10-9-22-19(26)18-8-5-15-27-18)25-13-11-24(12-14-25)16-17-6-3-2-4-7-17;/h2-8,15H,9-14,16H2,1H3,(H,21,23)(H,22,26);1H. The molecule has 152 valence electrons. The van der Waals surface area contributed by atoms with E-state index in [4.69, 9.17) is 4.42 Å². The Hall–Kier alpha value is -2.07. The Labute approximate surface area is 183 Å². The average Bonchev–Trinajstić information content (AvgIpc) is 3.25. The molecule has 1 fully saturated rings. The largest absolute Gasteiger partial charge is 0.459 e. The van der Waals surface area contributed by atoms with Crippen molar-refractivity contribution in [2.24, 2.45) is 4.99 Å². The number of hydrogen-bond donors (Lipinski definition) is 2. The molecule has 1 aromatic carbocycles. The van der Waals surface area contributed by atoms with Gasteiger partial charge in [-0.2, -0.15) is 0 Å². The number of carbonyl (C=O) groups is 1. The van der Waals surface area contributed by atoms with Crippen LogP contribution < -0.4 is 10.6 Å². The molecular formula is C20H28IN5O2. The lowest BCUT2D eigenvalue weighted by Crippen LogP contribution is -2.52. The smallest absolute Gasteiger partial charge is 0.287 e. The number of nitrogens with zero attached hydrogens (tertiary/aromatic N) is 3. The summed E-state index contributed by atoms with van der Waals surface area (Å²) in [6.45, 7) is 5.99. The van der Waals surface area contributed by atoms with Gasteiger partial charge in [0.1, 0.15) is 0 Å². The number of guanidine groups is 1. The number of aliphatic imine (C=N–C) groups is 1. The molecule has 0 spiro atoms. The van der Waals surface area contributed by atoms with Crippen LogP contribution in [0, 0.1) is 0 Å². The SMILES string of the molecule is CN=C(NCCNC(=O)c1ccco1)N1CCN(Cc2ccccc2)CC1.I. The zero-order chi connectivity index (χ0) is 18.9. The van der Waals surface area contributed by atoms with E-state index in [2.05, 4.69) is 49.7 Å². The Morgan fingerprint density at radius 3 is 2.39 bits per heavy atom. The van der Waals surface area contributed by atoms with E-state index in [0.29, 0.717) is 18.8 Å². The maximum Gasteiger partial charge on any atom is 0.287 e. The van der Waals surface area contributed by atoms with E-state index >= 15 is 0 Å².